The summed E-state index contributed by atoms with van der Waals surface area (Å²) in [5.74, 6) is 1.77. The Morgan fingerprint density at radius 3 is 2.31 bits per heavy atom. The van der Waals surface area contributed by atoms with E-state index in [2.05, 4.69) is 21.2 Å². The van der Waals surface area contributed by atoms with E-state index in [0.717, 1.165) is 16.5 Å². The predicted octanol–water partition coefficient (Wildman–Crippen LogP) is 4.50. The zero-order valence-corrected chi connectivity index (χ0v) is 17.0. The fourth-order valence-electron chi connectivity index (χ4n) is 2.55. The maximum Gasteiger partial charge on any atom is 0.261 e. The van der Waals surface area contributed by atoms with Gasteiger partial charge in [0.15, 0.2) is 17.6 Å². The van der Waals surface area contributed by atoms with Crippen molar-refractivity contribution < 1.29 is 19.0 Å². The summed E-state index contributed by atoms with van der Waals surface area (Å²) < 4.78 is 17.3. The average molecular weight is 422 g/mol. The summed E-state index contributed by atoms with van der Waals surface area (Å²) in [4.78, 5) is 12.5. The van der Waals surface area contributed by atoms with Gasteiger partial charge in [-0.3, -0.25) is 4.79 Å². The molecule has 2 atom stereocenters. The van der Waals surface area contributed by atoms with Gasteiger partial charge in [-0.15, -0.1) is 0 Å². The number of hydrogen-bond acceptors (Lipinski definition) is 4. The molecule has 2 aromatic rings. The normalized spacial score (nSPS) is 12.8. The predicted molar refractivity (Wildman–Crippen MR) is 105 cm³/mol. The smallest absolute Gasteiger partial charge is 0.261 e. The molecule has 0 bridgehead atoms. The Hall–Kier alpha value is -2.21. The molecule has 26 heavy (non-hydrogen) atoms. The second-order valence-electron chi connectivity index (χ2n) is 5.80. The maximum atomic E-state index is 12.5. The van der Waals surface area contributed by atoms with E-state index < -0.39 is 6.10 Å². The molecule has 0 aliphatic carbocycles. The fraction of sp³-hybridized carbons (Fsp3) is 0.350. The Labute approximate surface area is 162 Å². The van der Waals surface area contributed by atoms with E-state index in [4.69, 9.17) is 14.2 Å². The monoisotopic (exact) mass is 421 g/mol. The van der Waals surface area contributed by atoms with E-state index >= 15 is 0 Å². The van der Waals surface area contributed by atoms with Crippen LogP contribution in [0.3, 0.4) is 0 Å². The summed E-state index contributed by atoms with van der Waals surface area (Å²) >= 11 is 3.38. The van der Waals surface area contributed by atoms with Crippen LogP contribution in [0.2, 0.25) is 0 Å². The Kier molecular flexibility index (Phi) is 7.33. The molecule has 1 N–H and O–H groups in total. The molecule has 6 heteroatoms. The Balaban J connectivity index is 2.06. The number of benzene rings is 2. The number of carbonyl (C=O) groups excluding carboxylic acids is 1. The van der Waals surface area contributed by atoms with Crippen molar-refractivity contribution in [1.29, 1.82) is 0 Å². The van der Waals surface area contributed by atoms with Crippen molar-refractivity contribution in [3.8, 4) is 17.2 Å². The van der Waals surface area contributed by atoms with E-state index in [9.17, 15) is 4.79 Å². The van der Waals surface area contributed by atoms with Gasteiger partial charge in [0, 0.05) is 4.47 Å². The highest BCUT2D eigenvalue weighted by Crippen LogP contribution is 2.31. The lowest BCUT2D eigenvalue weighted by Crippen LogP contribution is -2.38. The van der Waals surface area contributed by atoms with Crippen molar-refractivity contribution in [2.75, 3.05) is 14.2 Å². The van der Waals surface area contributed by atoms with Crippen LogP contribution in [0.1, 0.15) is 31.9 Å². The molecule has 1 amide bonds. The molecule has 0 spiro atoms. The number of carbonyl (C=O) groups is 1. The van der Waals surface area contributed by atoms with Gasteiger partial charge in [-0.1, -0.05) is 28.9 Å². The molecule has 5 nitrogen and oxygen atoms in total. The van der Waals surface area contributed by atoms with Crippen LogP contribution in [0.25, 0.3) is 0 Å². The first-order valence-electron chi connectivity index (χ1n) is 8.43. The van der Waals surface area contributed by atoms with Gasteiger partial charge >= 0.3 is 0 Å². The molecule has 0 aliphatic rings. The Morgan fingerprint density at radius 2 is 1.73 bits per heavy atom. The van der Waals surface area contributed by atoms with Crippen LogP contribution in [0.4, 0.5) is 0 Å². The lowest BCUT2D eigenvalue weighted by Gasteiger charge is -2.22. The first-order valence-corrected chi connectivity index (χ1v) is 9.22. The number of rotatable bonds is 8. The molecule has 0 saturated heterocycles. The number of hydrogen-bond donors (Lipinski definition) is 1. The minimum Gasteiger partial charge on any atom is -0.493 e. The summed E-state index contributed by atoms with van der Waals surface area (Å²) in [7, 11) is 3.19. The number of halogens is 1. The van der Waals surface area contributed by atoms with Crippen molar-refractivity contribution in [3.63, 3.8) is 0 Å². The molecule has 0 unspecified atom stereocenters. The SMILES string of the molecule is CC[C@@H](NC(=O)[C@H](C)Oc1ccc(Br)cc1)c1ccc(OC)c(OC)c1. The fourth-order valence-corrected chi connectivity index (χ4v) is 2.81. The highest BCUT2D eigenvalue weighted by atomic mass is 79.9. The van der Waals surface area contributed by atoms with Crippen LogP contribution in [0.15, 0.2) is 46.9 Å². The summed E-state index contributed by atoms with van der Waals surface area (Å²) in [6.45, 7) is 3.75. The zero-order chi connectivity index (χ0) is 19.1. The Bertz CT molecular complexity index is 733. The third kappa shape index (κ3) is 5.14. The molecule has 140 valence electrons. The molecule has 0 radical (unpaired) electrons. The summed E-state index contributed by atoms with van der Waals surface area (Å²) in [6.07, 6.45) is 0.136. The zero-order valence-electron chi connectivity index (χ0n) is 15.4. The molecular formula is C20H24BrNO4. The third-order valence-electron chi connectivity index (χ3n) is 4.03. The minimum absolute atomic E-state index is 0.140. The summed E-state index contributed by atoms with van der Waals surface area (Å²) in [5.41, 5.74) is 0.953. The van der Waals surface area contributed by atoms with E-state index in [1.54, 1.807) is 21.1 Å². The first kappa shape index (κ1) is 20.1. The number of methoxy groups -OCH3 is 2. The highest BCUT2D eigenvalue weighted by molar-refractivity contribution is 9.10. The van der Waals surface area contributed by atoms with Gasteiger partial charge in [0.05, 0.1) is 20.3 Å². The quantitative estimate of drug-likeness (QED) is 0.681. The third-order valence-corrected chi connectivity index (χ3v) is 4.56. The average Bonchev–Trinajstić information content (AvgIpc) is 2.67. The van der Waals surface area contributed by atoms with Gasteiger partial charge < -0.3 is 19.5 Å². The second-order valence-corrected chi connectivity index (χ2v) is 6.71. The van der Waals surface area contributed by atoms with E-state index in [1.165, 1.54) is 0 Å². The molecule has 0 aliphatic heterocycles. The topological polar surface area (TPSA) is 56.8 Å². The van der Waals surface area contributed by atoms with Crippen molar-refractivity contribution in [2.45, 2.75) is 32.4 Å². The Morgan fingerprint density at radius 1 is 1.08 bits per heavy atom. The van der Waals surface area contributed by atoms with Gasteiger partial charge in [-0.2, -0.15) is 0 Å². The van der Waals surface area contributed by atoms with Gasteiger partial charge in [0.25, 0.3) is 5.91 Å². The van der Waals surface area contributed by atoms with Crippen molar-refractivity contribution in [1.82, 2.24) is 5.32 Å². The van der Waals surface area contributed by atoms with Crippen molar-refractivity contribution in [2.24, 2.45) is 0 Å². The standard InChI is InChI=1S/C20H24BrNO4/c1-5-17(14-6-11-18(24-3)19(12-14)25-4)22-20(23)13(2)26-16-9-7-15(21)8-10-16/h6-13,17H,5H2,1-4H3,(H,22,23)/t13-,17+/m0/s1. The first-order chi connectivity index (χ1) is 12.5. The molecule has 0 saturated carbocycles. The van der Waals surface area contributed by atoms with Crippen LogP contribution in [-0.4, -0.2) is 26.2 Å². The van der Waals surface area contributed by atoms with Crippen molar-refractivity contribution in [3.05, 3.63) is 52.5 Å². The lowest BCUT2D eigenvalue weighted by atomic mass is 10.0. The van der Waals surface area contributed by atoms with Crippen LogP contribution in [-0.2, 0) is 4.79 Å². The molecule has 2 aromatic carbocycles. The summed E-state index contributed by atoms with van der Waals surface area (Å²) in [5, 5.41) is 3.03. The van der Waals surface area contributed by atoms with Crippen LogP contribution < -0.4 is 19.5 Å². The number of nitrogens with one attached hydrogen (secondary N) is 1. The lowest BCUT2D eigenvalue weighted by molar-refractivity contribution is -0.128. The van der Waals surface area contributed by atoms with E-state index in [0.29, 0.717) is 17.2 Å². The molecular weight excluding hydrogens is 398 g/mol. The highest BCUT2D eigenvalue weighted by Gasteiger charge is 2.20. The van der Waals surface area contributed by atoms with Gasteiger partial charge in [-0.05, 0) is 55.3 Å². The maximum absolute atomic E-state index is 12.5. The van der Waals surface area contributed by atoms with Gasteiger partial charge in [0.1, 0.15) is 5.75 Å². The second kappa shape index (κ2) is 9.48. The van der Waals surface area contributed by atoms with Gasteiger partial charge in [-0.25, -0.2) is 0 Å². The molecule has 2 rings (SSSR count). The van der Waals surface area contributed by atoms with E-state index in [1.807, 2.05) is 49.4 Å². The van der Waals surface area contributed by atoms with Crippen molar-refractivity contribution >= 4 is 21.8 Å². The van der Waals surface area contributed by atoms with Crippen LogP contribution >= 0.6 is 15.9 Å². The minimum atomic E-state index is -0.606. The number of amides is 1. The molecule has 0 heterocycles. The van der Waals surface area contributed by atoms with Gasteiger partial charge in [0.2, 0.25) is 0 Å². The van der Waals surface area contributed by atoms with Crippen LogP contribution in [0.5, 0.6) is 17.2 Å². The van der Waals surface area contributed by atoms with Crippen LogP contribution in [0, 0.1) is 0 Å². The van der Waals surface area contributed by atoms with E-state index in [-0.39, 0.29) is 11.9 Å². The summed E-state index contributed by atoms with van der Waals surface area (Å²) in [6, 6.07) is 12.9. The molecule has 0 aromatic heterocycles. The number of ether oxygens (including phenoxy) is 3. The molecule has 0 fully saturated rings. The largest absolute Gasteiger partial charge is 0.493 e.